The minimum Gasteiger partial charge on any atom is -0.496 e. The molecule has 0 amide bonds. The number of thioether (sulfide) groups is 1. The molecule has 0 N–H and O–H groups in total. The molecule has 148 valence electrons. The Labute approximate surface area is 179 Å². The average Bonchev–Trinajstić information content (AvgIpc) is 3.28. The summed E-state index contributed by atoms with van der Waals surface area (Å²) in [5, 5.41) is 6.62. The van der Waals surface area contributed by atoms with E-state index in [0.29, 0.717) is 11.4 Å². The highest BCUT2D eigenvalue weighted by molar-refractivity contribution is 9.10. The molecular formula is C19H19BrN2O4S2. The van der Waals surface area contributed by atoms with Gasteiger partial charge in [-0.05, 0) is 32.0 Å². The minimum absolute atomic E-state index is 0.150. The van der Waals surface area contributed by atoms with Crippen molar-refractivity contribution in [3.63, 3.8) is 0 Å². The van der Waals surface area contributed by atoms with Gasteiger partial charge in [0.1, 0.15) is 23.1 Å². The zero-order valence-corrected chi connectivity index (χ0v) is 18.9. The molecule has 0 fully saturated rings. The maximum absolute atomic E-state index is 12.0. The summed E-state index contributed by atoms with van der Waals surface area (Å²) in [5.41, 5.74) is 3.50. The molecule has 0 aliphatic heterocycles. The molecule has 0 atom stereocenters. The molecule has 0 bridgehead atoms. The third kappa shape index (κ3) is 5.15. The van der Waals surface area contributed by atoms with Crippen molar-refractivity contribution in [1.82, 2.24) is 10.1 Å². The molecule has 0 unspecified atom stereocenters. The predicted octanol–water partition coefficient (Wildman–Crippen LogP) is 5.16. The summed E-state index contributed by atoms with van der Waals surface area (Å²) in [7, 11) is 1.63. The Balaban J connectivity index is 1.52. The van der Waals surface area contributed by atoms with Gasteiger partial charge in [-0.25, -0.2) is 4.98 Å². The SMILES string of the molecule is COc1ccc(Br)cc1-c1nc(COC(=O)CSCc2c(C)noc2C)cs1. The maximum atomic E-state index is 12.0. The number of nitrogens with zero attached hydrogens (tertiary/aromatic N) is 2. The molecule has 0 aliphatic carbocycles. The first-order chi connectivity index (χ1) is 13.5. The number of carbonyl (C=O) groups excluding carboxylic acids is 1. The van der Waals surface area contributed by atoms with E-state index in [1.165, 1.54) is 23.1 Å². The van der Waals surface area contributed by atoms with Crippen LogP contribution in [0.15, 0.2) is 32.6 Å². The number of benzene rings is 1. The molecule has 0 saturated carbocycles. The lowest BCUT2D eigenvalue weighted by molar-refractivity contribution is -0.141. The van der Waals surface area contributed by atoms with E-state index in [4.69, 9.17) is 14.0 Å². The number of aromatic nitrogens is 2. The standard InChI is InChI=1S/C19H19BrN2O4S2/c1-11-16(12(2)26-22-11)9-27-10-18(23)25-7-14-8-28-19(21-14)15-6-13(20)4-5-17(15)24-3/h4-6,8H,7,9-10H2,1-3H3. The first-order valence-electron chi connectivity index (χ1n) is 8.41. The third-order valence-electron chi connectivity index (χ3n) is 3.97. The van der Waals surface area contributed by atoms with Gasteiger partial charge in [0.2, 0.25) is 0 Å². The van der Waals surface area contributed by atoms with Crippen LogP contribution in [0.2, 0.25) is 0 Å². The predicted molar refractivity (Wildman–Crippen MR) is 114 cm³/mol. The zero-order valence-electron chi connectivity index (χ0n) is 15.7. The number of hydrogen-bond donors (Lipinski definition) is 0. The molecule has 1 aromatic carbocycles. The Kier molecular flexibility index (Phi) is 7.14. The fourth-order valence-electron chi connectivity index (χ4n) is 2.48. The van der Waals surface area contributed by atoms with E-state index >= 15 is 0 Å². The summed E-state index contributed by atoms with van der Waals surface area (Å²) in [6.07, 6.45) is 0. The number of hydrogen-bond acceptors (Lipinski definition) is 8. The normalized spacial score (nSPS) is 10.9. The Morgan fingerprint density at radius 2 is 2.18 bits per heavy atom. The van der Waals surface area contributed by atoms with Crippen molar-refractivity contribution in [2.24, 2.45) is 0 Å². The molecule has 0 radical (unpaired) electrons. The summed E-state index contributed by atoms with van der Waals surface area (Å²) in [6, 6.07) is 5.76. The second-order valence-corrected chi connectivity index (χ2v) is 8.70. The first kappa shape index (κ1) is 20.9. The van der Waals surface area contributed by atoms with E-state index in [2.05, 4.69) is 26.1 Å². The second-order valence-electron chi connectivity index (χ2n) is 5.94. The Morgan fingerprint density at radius 3 is 2.89 bits per heavy atom. The van der Waals surface area contributed by atoms with E-state index in [-0.39, 0.29) is 18.3 Å². The number of carbonyl (C=O) groups is 1. The summed E-state index contributed by atoms with van der Waals surface area (Å²) >= 11 is 6.43. The molecule has 0 saturated heterocycles. The fraction of sp³-hybridized carbons (Fsp3) is 0.316. The highest BCUT2D eigenvalue weighted by Gasteiger charge is 2.13. The number of methoxy groups -OCH3 is 1. The molecule has 2 aromatic heterocycles. The van der Waals surface area contributed by atoms with Crippen LogP contribution in [-0.4, -0.2) is 29.0 Å². The number of aryl methyl sites for hydroxylation is 2. The number of esters is 1. The molecule has 0 aliphatic rings. The van der Waals surface area contributed by atoms with E-state index < -0.39 is 0 Å². The van der Waals surface area contributed by atoms with Gasteiger partial charge in [0.15, 0.2) is 0 Å². The van der Waals surface area contributed by atoms with Crippen molar-refractivity contribution in [3.8, 4) is 16.3 Å². The molecule has 28 heavy (non-hydrogen) atoms. The van der Waals surface area contributed by atoms with Crippen LogP contribution >= 0.6 is 39.0 Å². The summed E-state index contributed by atoms with van der Waals surface area (Å²) in [6.45, 7) is 3.91. The zero-order chi connectivity index (χ0) is 20.1. The molecule has 0 spiro atoms. The summed E-state index contributed by atoms with van der Waals surface area (Å²) in [4.78, 5) is 16.6. The van der Waals surface area contributed by atoms with Crippen LogP contribution in [0, 0.1) is 13.8 Å². The lowest BCUT2D eigenvalue weighted by Crippen LogP contribution is -2.07. The molecule has 2 heterocycles. The van der Waals surface area contributed by atoms with Gasteiger partial charge < -0.3 is 14.0 Å². The van der Waals surface area contributed by atoms with Crippen molar-refractivity contribution in [1.29, 1.82) is 0 Å². The lowest BCUT2D eigenvalue weighted by atomic mass is 10.2. The molecule has 3 aromatic rings. The average molecular weight is 483 g/mol. The second kappa shape index (κ2) is 9.58. The fourth-order valence-corrected chi connectivity index (χ4v) is 4.64. The van der Waals surface area contributed by atoms with Crippen LogP contribution in [-0.2, 0) is 21.9 Å². The molecular weight excluding hydrogens is 464 g/mol. The van der Waals surface area contributed by atoms with Crippen LogP contribution in [0.3, 0.4) is 0 Å². The summed E-state index contributed by atoms with van der Waals surface area (Å²) in [5.74, 6) is 2.19. The molecule has 9 heteroatoms. The quantitative estimate of drug-likeness (QED) is 0.410. The van der Waals surface area contributed by atoms with Crippen LogP contribution < -0.4 is 4.74 Å². The van der Waals surface area contributed by atoms with Crippen molar-refractivity contribution in [2.75, 3.05) is 12.9 Å². The number of ether oxygens (including phenoxy) is 2. The van der Waals surface area contributed by atoms with Gasteiger partial charge in [0.25, 0.3) is 0 Å². The Bertz CT molecular complexity index is 951. The van der Waals surface area contributed by atoms with Gasteiger partial charge in [0, 0.05) is 21.2 Å². The van der Waals surface area contributed by atoms with E-state index in [0.717, 1.165) is 37.8 Å². The van der Waals surface area contributed by atoms with Crippen LogP contribution in [0.1, 0.15) is 22.7 Å². The van der Waals surface area contributed by atoms with Crippen molar-refractivity contribution in [3.05, 3.63) is 50.8 Å². The monoisotopic (exact) mass is 482 g/mol. The van der Waals surface area contributed by atoms with Gasteiger partial charge in [-0.1, -0.05) is 21.1 Å². The topological polar surface area (TPSA) is 74.5 Å². The minimum atomic E-state index is -0.272. The van der Waals surface area contributed by atoms with Gasteiger partial charge in [-0.3, -0.25) is 4.79 Å². The summed E-state index contributed by atoms with van der Waals surface area (Å²) < 4.78 is 16.8. The van der Waals surface area contributed by atoms with Gasteiger partial charge >= 0.3 is 5.97 Å². The van der Waals surface area contributed by atoms with Crippen molar-refractivity contribution in [2.45, 2.75) is 26.2 Å². The third-order valence-corrected chi connectivity index (χ3v) is 6.32. The Hall–Kier alpha value is -1.84. The maximum Gasteiger partial charge on any atom is 0.316 e. The van der Waals surface area contributed by atoms with E-state index in [1.54, 1.807) is 7.11 Å². The van der Waals surface area contributed by atoms with E-state index in [9.17, 15) is 4.79 Å². The van der Waals surface area contributed by atoms with Crippen LogP contribution in [0.25, 0.3) is 10.6 Å². The number of thiazole rings is 1. The van der Waals surface area contributed by atoms with Crippen LogP contribution in [0.5, 0.6) is 5.75 Å². The van der Waals surface area contributed by atoms with Crippen molar-refractivity contribution < 1.29 is 18.8 Å². The first-order valence-corrected chi connectivity index (χ1v) is 11.2. The highest BCUT2D eigenvalue weighted by atomic mass is 79.9. The van der Waals surface area contributed by atoms with Gasteiger partial charge in [0.05, 0.1) is 29.8 Å². The van der Waals surface area contributed by atoms with Crippen molar-refractivity contribution >= 4 is 45.0 Å². The Morgan fingerprint density at radius 1 is 1.36 bits per heavy atom. The highest BCUT2D eigenvalue weighted by Crippen LogP contribution is 2.34. The lowest BCUT2D eigenvalue weighted by Gasteiger charge is -2.06. The molecule has 6 nitrogen and oxygen atoms in total. The molecule has 3 rings (SSSR count). The largest absolute Gasteiger partial charge is 0.496 e. The van der Waals surface area contributed by atoms with Crippen LogP contribution in [0.4, 0.5) is 0 Å². The van der Waals surface area contributed by atoms with Gasteiger partial charge in [-0.15, -0.1) is 23.1 Å². The van der Waals surface area contributed by atoms with Gasteiger partial charge in [-0.2, -0.15) is 0 Å². The van der Waals surface area contributed by atoms with E-state index in [1.807, 2.05) is 37.4 Å². The smallest absolute Gasteiger partial charge is 0.316 e. The number of rotatable bonds is 8. The number of halogens is 1.